The molecule has 1 aliphatic heterocycles. The van der Waals surface area contributed by atoms with Gasteiger partial charge in [0, 0.05) is 32.1 Å². The maximum Gasteiger partial charge on any atom is 0.319 e. The summed E-state index contributed by atoms with van der Waals surface area (Å²) in [6, 6.07) is 9.50. The summed E-state index contributed by atoms with van der Waals surface area (Å²) in [5, 5.41) is 1.04. The highest BCUT2D eigenvalue weighted by Crippen LogP contribution is 2.23. The minimum atomic E-state index is -0.289. The molecule has 2 aromatic rings. The molecule has 1 aromatic carbocycles. The Balaban J connectivity index is 1.76. The second kappa shape index (κ2) is 4.59. The fourth-order valence-corrected chi connectivity index (χ4v) is 2.39. The van der Waals surface area contributed by atoms with Crippen LogP contribution in [0, 0.1) is 0 Å². The normalized spacial score (nSPS) is 17.5. The van der Waals surface area contributed by atoms with E-state index in [-0.39, 0.29) is 12.1 Å². The van der Waals surface area contributed by atoms with Gasteiger partial charge in [-0.05, 0) is 12.1 Å². The fraction of sp³-hybridized carbons (Fsp3) is 0.357. The molecule has 1 aliphatic rings. The molecule has 2 N–H and O–H groups in total. The molecule has 2 amide bonds. The molecule has 5 heteroatoms. The van der Waals surface area contributed by atoms with Crippen LogP contribution in [0.3, 0.4) is 0 Å². The average Bonchev–Trinajstić information content (AvgIpc) is 2.97. The number of hydrogen-bond acceptors (Lipinski definition) is 3. The number of para-hydroxylation sites is 1. The number of rotatable bonds is 3. The van der Waals surface area contributed by atoms with E-state index in [1.54, 1.807) is 16.8 Å². The van der Waals surface area contributed by atoms with E-state index in [9.17, 15) is 4.79 Å². The van der Waals surface area contributed by atoms with E-state index in [0.29, 0.717) is 6.54 Å². The molecule has 1 unspecified atom stereocenters. The Labute approximate surface area is 111 Å². The molecule has 0 saturated carbocycles. The Hall–Kier alpha value is -2.01. The molecule has 1 atom stereocenters. The Bertz CT molecular complexity index is 575. The topological polar surface area (TPSA) is 62.7 Å². The van der Waals surface area contributed by atoms with Gasteiger partial charge < -0.3 is 20.0 Å². The highest BCUT2D eigenvalue weighted by molar-refractivity contribution is 5.78. The van der Waals surface area contributed by atoms with Crippen LogP contribution in [0.1, 0.15) is 11.8 Å². The van der Waals surface area contributed by atoms with Crippen LogP contribution < -0.4 is 5.73 Å². The number of furan rings is 1. The molecule has 3 rings (SSSR count). The van der Waals surface area contributed by atoms with Gasteiger partial charge in [0.1, 0.15) is 11.3 Å². The summed E-state index contributed by atoms with van der Waals surface area (Å²) in [6.45, 7) is 1.97. The number of nitrogens with two attached hydrogens (primary N) is 1. The van der Waals surface area contributed by atoms with E-state index >= 15 is 0 Å². The summed E-state index contributed by atoms with van der Waals surface area (Å²) in [6.07, 6.45) is 0. The molecular weight excluding hydrogens is 242 g/mol. The molecular formula is C14H17N3O2. The van der Waals surface area contributed by atoms with Crippen molar-refractivity contribution in [2.45, 2.75) is 6.04 Å². The number of nitrogens with zero attached hydrogens (tertiary/aromatic N) is 2. The van der Waals surface area contributed by atoms with E-state index in [1.807, 2.05) is 30.3 Å². The van der Waals surface area contributed by atoms with Crippen LogP contribution in [0.4, 0.5) is 4.79 Å². The number of likely N-dealkylation sites (N-methyl/N-ethyl adjacent to an activating group) is 1. The summed E-state index contributed by atoms with van der Waals surface area (Å²) in [5.74, 6) is 0.726. The first kappa shape index (κ1) is 12.0. The Morgan fingerprint density at radius 1 is 1.37 bits per heavy atom. The van der Waals surface area contributed by atoms with Gasteiger partial charge in [-0.15, -0.1) is 0 Å². The van der Waals surface area contributed by atoms with Gasteiger partial charge in [0.25, 0.3) is 0 Å². The Morgan fingerprint density at radius 3 is 2.84 bits per heavy atom. The monoisotopic (exact) mass is 259 g/mol. The van der Waals surface area contributed by atoms with Crippen molar-refractivity contribution in [1.82, 2.24) is 9.80 Å². The van der Waals surface area contributed by atoms with Crippen molar-refractivity contribution in [2.75, 3.05) is 26.7 Å². The van der Waals surface area contributed by atoms with Gasteiger partial charge >= 0.3 is 6.03 Å². The zero-order valence-electron chi connectivity index (χ0n) is 10.9. The van der Waals surface area contributed by atoms with Gasteiger partial charge in [0.15, 0.2) is 0 Å². The molecule has 19 heavy (non-hydrogen) atoms. The van der Waals surface area contributed by atoms with Gasteiger partial charge in [-0.2, -0.15) is 0 Å². The lowest BCUT2D eigenvalue weighted by Gasteiger charge is -2.19. The van der Waals surface area contributed by atoms with Crippen molar-refractivity contribution < 1.29 is 9.21 Å². The predicted octanol–water partition coefficient (Wildman–Crippen LogP) is 1.80. The zero-order valence-corrected chi connectivity index (χ0v) is 10.9. The number of urea groups is 1. The molecule has 1 aromatic heterocycles. The molecule has 1 fully saturated rings. The van der Waals surface area contributed by atoms with Crippen LogP contribution in [-0.2, 0) is 0 Å². The summed E-state index contributed by atoms with van der Waals surface area (Å²) in [5.41, 5.74) is 6.97. The van der Waals surface area contributed by atoms with E-state index < -0.39 is 0 Å². The van der Waals surface area contributed by atoms with Gasteiger partial charge in [-0.3, -0.25) is 0 Å². The molecule has 0 aliphatic carbocycles. The van der Waals surface area contributed by atoms with E-state index in [2.05, 4.69) is 0 Å². The standard InChI is InChI=1S/C14H17N3O2/c1-16-6-7-17(14(16)18)9-11(15)13-8-10-4-2-3-5-12(10)19-13/h2-5,8,11H,6-7,9,15H2,1H3. The van der Waals surface area contributed by atoms with Crippen LogP contribution in [0.25, 0.3) is 11.0 Å². The number of hydrogen-bond donors (Lipinski definition) is 1. The van der Waals surface area contributed by atoms with Crippen LogP contribution in [0.5, 0.6) is 0 Å². The number of benzene rings is 1. The second-order valence-electron chi connectivity index (χ2n) is 4.94. The van der Waals surface area contributed by atoms with E-state index in [4.69, 9.17) is 10.2 Å². The van der Waals surface area contributed by atoms with Crippen molar-refractivity contribution in [2.24, 2.45) is 5.73 Å². The Morgan fingerprint density at radius 2 is 2.16 bits per heavy atom. The molecule has 5 nitrogen and oxygen atoms in total. The number of amides is 2. The van der Waals surface area contributed by atoms with Crippen molar-refractivity contribution in [1.29, 1.82) is 0 Å². The van der Waals surface area contributed by atoms with Gasteiger partial charge in [-0.1, -0.05) is 18.2 Å². The third-order valence-corrected chi connectivity index (χ3v) is 3.53. The van der Waals surface area contributed by atoms with Crippen molar-refractivity contribution >= 4 is 17.0 Å². The van der Waals surface area contributed by atoms with Gasteiger partial charge in [-0.25, -0.2) is 4.79 Å². The van der Waals surface area contributed by atoms with Crippen LogP contribution in [-0.4, -0.2) is 42.5 Å². The van der Waals surface area contributed by atoms with Crippen molar-refractivity contribution in [3.05, 3.63) is 36.1 Å². The maximum absolute atomic E-state index is 11.8. The van der Waals surface area contributed by atoms with Crippen LogP contribution in [0.15, 0.2) is 34.7 Å². The third-order valence-electron chi connectivity index (χ3n) is 3.53. The molecule has 100 valence electrons. The zero-order chi connectivity index (χ0) is 13.4. The summed E-state index contributed by atoms with van der Waals surface area (Å²) in [4.78, 5) is 15.3. The number of fused-ring (bicyclic) bond motifs is 1. The number of carbonyl (C=O) groups is 1. The molecule has 0 spiro atoms. The maximum atomic E-state index is 11.8. The first-order chi connectivity index (χ1) is 9.15. The molecule has 0 bridgehead atoms. The molecule has 1 saturated heterocycles. The Kier molecular flexibility index (Phi) is 2.91. The van der Waals surface area contributed by atoms with Crippen molar-refractivity contribution in [3.63, 3.8) is 0 Å². The van der Waals surface area contributed by atoms with Crippen LogP contribution in [0.2, 0.25) is 0 Å². The lowest BCUT2D eigenvalue weighted by molar-refractivity contribution is 0.195. The highest BCUT2D eigenvalue weighted by atomic mass is 16.3. The fourth-order valence-electron chi connectivity index (χ4n) is 2.39. The van der Waals surface area contributed by atoms with E-state index in [0.717, 1.165) is 29.8 Å². The average molecular weight is 259 g/mol. The molecule has 0 radical (unpaired) electrons. The smallest absolute Gasteiger partial charge is 0.319 e. The first-order valence-corrected chi connectivity index (χ1v) is 6.39. The minimum absolute atomic E-state index is 0.0339. The lowest BCUT2D eigenvalue weighted by atomic mass is 10.2. The number of carbonyl (C=O) groups excluding carboxylic acids is 1. The van der Waals surface area contributed by atoms with E-state index in [1.165, 1.54) is 0 Å². The second-order valence-corrected chi connectivity index (χ2v) is 4.94. The summed E-state index contributed by atoms with van der Waals surface area (Å²) in [7, 11) is 1.80. The van der Waals surface area contributed by atoms with Crippen molar-refractivity contribution in [3.8, 4) is 0 Å². The van der Waals surface area contributed by atoms with Gasteiger partial charge in [0.2, 0.25) is 0 Å². The summed E-state index contributed by atoms with van der Waals surface area (Å²) < 4.78 is 5.73. The minimum Gasteiger partial charge on any atom is -0.459 e. The SMILES string of the molecule is CN1CCN(CC(N)c2cc3ccccc3o2)C1=O. The lowest BCUT2D eigenvalue weighted by Crippen LogP contribution is -2.35. The summed E-state index contributed by atoms with van der Waals surface area (Å²) >= 11 is 0. The van der Waals surface area contributed by atoms with Gasteiger partial charge in [0.05, 0.1) is 6.04 Å². The highest BCUT2D eigenvalue weighted by Gasteiger charge is 2.27. The first-order valence-electron chi connectivity index (χ1n) is 6.39. The van der Waals surface area contributed by atoms with Crippen LogP contribution >= 0.6 is 0 Å². The third kappa shape index (κ3) is 2.17. The predicted molar refractivity (Wildman–Crippen MR) is 72.7 cm³/mol. The quantitative estimate of drug-likeness (QED) is 0.914. The molecule has 2 heterocycles. The largest absolute Gasteiger partial charge is 0.459 e.